The molecule has 0 unspecified atom stereocenters. The van der Waals surface area contributed by atoms with Crippen LogP contribution in [0.4, 0.5) is 0 Å². The standard InChI is InChI=1S/C9H8O5/c1-2-9(13)14-8-4-6(11)5(10)3-7(8)12/h2-4,10-12H,1H2. The Morgan fingerprint density at radius 3 is 2.36 bits per heavy atom. The van der Waals surface area contributed by atoms with Gasteiger partial charge in [-0.1, -0.05) is 6.58 Å². The number of aromatic hydroxyl groups is 3. The molecule has 0 aliphatic heterocycles. The highest BCUT2D eigenvalue weighted by Crippen LogP contribution is 2.37. The molecule has 5 nitrogen and oxygen atoms in total. The summed E-state index contributed by atoms with van der Waals surface area (Å²) >= 11 is 0. The number of carbonyl (C=O) groups excluding carboxylic acids is 1. The number of hydrogen-bond donors (Lipinski definition) is 3. The summed E-state index contributed by atoms with van der Waals surface area (Å²) < 4.78 is 4.55. The summed E-state index contributed by atoms with van der Waals surface area (Å²) in [6, 6.07) is 1.78. The molecule has 14 heavy (non-hydrogen) atoms. The van der Waals surface area contributed by atoms with Gasteiger partial charge in [0.2, 0.25) is 0 Å². The molecule has 0 bridgehead atoms. The van der Waals surface area contributed by atoms with E-state index in [0.717, 1.165) is 18.2 Å². The van der Waals surface area contributed by atoms with Gasteiger partial charge in [-0.2, -0.15) is 0 Å². The molecule has 0 heterocycles. The molecule has 0 radical (unpaired) electrons. The first-order chi connectivity index (χ1) is 6.54. The average Bonchev–Trinajstić information content (AvgIpc) is 2.14. The van der Waals surface area contributed by atoms with Crippen LogP contribution in [-0.4, -0.2) is 21.3 Å². The molecule has 0 aliphatic rings. The van der Waals surface area contributed by atoms with Crippen molar-refractivity contribution in [2.75, 3.05) is 0 Å². The van der Waals surface area contributed by atoms with Gasteiger partial charge in [0.1, 0.15) is 0 Å². The number of benzene rings is 1. The number of ether oxygens (including phenoxy) is 1. The van der Waals surface area contributed by atoms with Crippen molar-refractivity contribution in [3.63, 3.8) is 0 Å². The quantitative estimate of drug-likeness (QED) is 0.215. The van der Waals surface area contributed by atoms with Crippen LogP contribution in [0.1, 0.15) is 0 Å². The summed E-state index contributed by atoms with van der Waals surface area (Å²) in [4.78, 5) is 10.7. The lowest BCUT2D eigenvalue weighted by molar-refractivity contribution is -0.129. The number of esters is 1. The van der Waals surface area contributed by atoms with E-state index >= 15 is 0 Å². The van der Waals surface area contributed by atoms with Crippen molar-refractivity contribution in [3.05, 3.63) is 24.8 Å². The molecule has 0 spiro atoms. The van der Waals surface area contributed by atoms with Crippen LogP contribution < -0.4 is 4.74 Å². The lowest BCUT2D eigenvalue weighted by Crippen LogP contribution is -2.02. The third-order valence-corrected chi connectivity index (χ3v) is 1.43. The molecule has 0 aliphatic carbocycles. The van der Waals surface area contributed by atoms with Gasteiger partial charge in [-0.3, -0.25) is 0 Å². The van der Waals surface area contributed by atoms with Crippen LogP contribution >= 0.6 is 0 Å². The molecule has 3 N–H and O–H groups in total. The Morgan fingerprint density at radius 2 is 1.79 bits per heavy atom. The Balaban J connectivity index is 3.03. The zero-order valence-corrected chi connectivity index (χ0v) is 7.10. The van der Waals surface area contributed by atoms with Crippen LogP contribution in [0.3, 0.4) is 0 Å². The van der Waals surface area contributed by atoms with Gasteiger partial charge in [0.25, 0.3) is 0 Å². The molecule has 74 valence electrons. The molecular formula is C9H8O5. The van der Waals surface area contributed by atoms with E-state index in [2.05, 4.69) is 11.3 Å². The van der Waals surface area contributed by atoms with Crippen LogP contribution in [0.25, 0.3) is 0 Å². The highest BCUT2D eigenvalue weighted by atomic mass is 16.5. The van der Waals surface area contributed by atoms with Crippen LogP contribution in [0.5, 0.6) is 23.0 Å². The van der Waals surface area contributed by atoms with Crippen LogP contribution in [-0.2, 0) is 4.79 Å². The lowest BCUT2D eigenvalue weighted by atomic mass is 10.3. The van der Waals surface area contributed by atoms with Crippen molar-refractivity contribution in [3.8, 4) is 23.0 Å². The highest BCUT2D eigenvalue weighted by molar-refractivity contribution is 5.84. The second-order valence-electron chi connectivity index (χ2n) is 2.43. The fourth-order valence-corrected chi connectivity index (χ4v) is 0.778. The van der Waals surface area contributed by atoms with Gasteiger partial charge in [-0.15, -0.1) is 0 Å². The van der Waals surface area contributed by atoms with E-state index in [9.17, 15) is 9.90 Å². The first-order valence-electron chi connectivity index (χ1n) is 3.63. The number of phenolic OH excluding ortho intramolecular Hbond substituents is 3. The maximum atomic E-state index is 10.7. The molecule has 0 saturated carbocycles. The molecule has 0 amide bonds. The molecule has 1 rings (SSSR count). The van der Waals surface area contributed by atoms with E-state index in [4.69, 9.17) is 10.2 Å². The Labute approximate surface area is 79.5 Å². The zero-order chi connectivity index (χ0) is 10.7. The predicted molar refractivity (Wildman–Crippen MR) is 47.3 cm³/mol. The summed E-state index contributed by atoms with van der Waals surface area (Å²) in [5, 5.41) is 27.2. The molecule has 0 aromatic heterocycles. The Bertz CT molecular complexity index is 383. The average molecular weight is 196 g/mol. The van der Waals surface area contributed by atoms with E-state index in [1.54, 1.807) is 0 Å². The van der Waals surface area contributed by atoms with E-state index in [1.807, 2.05) is 0 Å². The van der Waals surface area contributed by atoms with Crippen LogP contribution in [0.2, 0.25) is 0 Å². The molecular weight excluding hydrogens is 188 g/mol. The SMILES string of the molecule is C=CC(=O)Oc1cc(O)c(O)cc1O. The number of carbonyl (C=O) groups is 1. The van der Waals surface area contributed by atoms with Crippen LogP contribution in [0.15, 0.2) is 24.8 Å². The van der Waals surface area contributed by atoms with Gasteiger partial charge in [-0.25, -0.2) is 4.79 Å². The Kier molecular flexibility index (Phi) is 2.62. The van der Waals surface area contributed by atoms with Crippen molar-refractivity contribution < 1.29 is 24.9 Å². The van der Waals surface area contributed by atoms with Crippen molar-refractivity contribution in [2.45, 2.75) is 0 Å². The van der Waals surface area contributed by atoms with E-state index in [1.165, 1.54) is 0 Å². The molecule has 1 aromatic carbocycles. The van der Waals surface area contributed by atoms with Gasteiger partial charge in [0.05, 0.1) is 0 Å². The molecule has 0 saturated heterocycles. The van der Waals surface area contributed by atoms with E-state index < -0.39 is 23.2 Å². The highest BCUT2D eigenvalue weighted by Gasteiger charge is 2.10. The summed E-state index contributed by atoms with van der Waals surface area (Å²) in [6.45, 7) is 3.16. The van der Waals surface area contributed by atoms with Gasteiger partial charge in [-0.05, 0) is 0 Å². The number of phenols is 3. The third kappa shape index (κ3) is 1.95. The topological polar surface area (TPSA) is 87.0 Å². The first kappa shape index (κ1) is 9.91. The fourth-order valence-electron chi connectivity index (χ4n) is 0.778. The van der Waals surface area contributed by atoms with Crippen LogP contribution in [0, 0.1) is 0 Å². The Morgan fingerprint density at radius 1 is 1.21 bits per heavy atom. The fraction of sp³-hybridized carbons (Fsp3) is 0. The molecule has 1 aromatic rings. The number of hydrogen-bond acceptors (Lipinski definition) is 5. The summed E-state index contributed by atoms with van der Waals surface area (Å²) in [5.74, 6) is -2.46. The van der Waals surface area contributed by atoms with Gasteiger partial charge < -0.3 is 20.1 Å². The monoisotopic (exact) mass is 196 g/mol. The minimum absolute atomic E-state index is 0.245. The van der Waals surface area contributed by atoms with Gasteiger partial charge >= 0.3 is 5.97 Å². The second-order valence-corrected chi connectivity index (χ2v) is 2.43. The smallest absolute Gasteiger partial charge is 0.335 e. The largest absolute Gasteiger partial charge is 0.504 e. The van der Waals surface area contributed by atoms with E-state index in [0.29, 0.717) is 0 Å². The van der Waals surface area contributed by atoms with Crippen molar-refractivity contribution in [1.29, 1.82) is 0 Å². The zero-order valence-electron chi connectivity index (χ0n) is 7.10. The summed E-state index contributed by atoms with van der Waals surface area (Å²) in [6.07, 6.45) is 0.906. The van der Waals surface area contributed by atoms with Gasteiger partial charge in [0.15, 0.2) is 23.0 Å². The minimum atomic E-state index is -0.773. The first-order valence-corrected chi connectivity index (χ1v) is 3.63. The summed E-state index contributed by atoms with van der Waals surface area (Å²) in [5.41, 5.74) is 0. The maximum absolute atomic E-state index is 10.7. The lowest BCUT2D eigenvalue weighted by Gasteiger charge is -2.05. The summed E-state index contributed by atoms with van der Waals surface area (Å²) in [7, 11) is 0. The molecule has 0 fully saturated rings. The normalized spacial score (nSPS) is 9.43. The van der Waals surface area contributed by atoms with Crippen molar-refractivity contribution in [1.82, 2.24) is 0 Å². The van der Waals surface area contributed by atoms with E-state index in [-0.39, 0.29) is 5.75 Å². The van der Waals surface area contributed by atoms with Crippen molar-refractivity contribution >= 4 is 5.97 Å². The molecule has 5 heteroatoms. The Hall–Kier alpha value is -2.17. The maximum Gasteiger partial charge on any atom is 0.335 e. The van der Waals surface area contributed by atoms with Crippen molar-refractivity contribution in [2.24, 2.45) is 0 Å². The third-order valence-electron chi connectivity index (χ3n) is 1.43. The van der Waals surface area contributed by atoms with Gasteiger partial charge in [0, 0.05) is 18.2 Å². The second kappa shape index (κ2) is 3.69. The predicted octanol–water partition coefficient (Wildman–Crippen LogP) is 0.895. The molecule has 0 atom stereocenters. The number of rotatable bonds is 2. The minimum Gasteiger partial charge on any atom is -0.504 e.